The monoisotopic (exact) mass is 1100 g/mol. The number of hydrogen-bond acceptors (Lipinski definition) is 6. The molecular formula is C73H128O6. The van der Waals surface area contributed by atoms with E-state index in [4.69, 9.17) is 14.2 Å². The molecule has 1 unspecified atom stereocenters. The Labute approximate surface area is 490 Å². The summed E-state index contributed by atoms with van der Waals surface area (Å²) in [6.07, 6.45) is 88.9. The second kappa shape index (κ2) is 67.1. The number of carbonyl (C=O) groups is 3. The van der Waals surface area contributed by atoms with Gasteiger partial charge >= 0.3 is 17.9 Å². The van der Waals surface area contributed by atoms with Crippen molar-refractivity contribution in [2.24, 2.45) is 0 Å². The average Bonchev–Trinajstić information content (AvgIpc) is 3.45. The van der Waals surface area contributed by atoms with Gasteiger partial charge in [-0.25, -0.2) is 0 Å². The third-order valence-electron chi connectivity index (χ3n) is 14.8. The fourth-order valence-electron chi connectivity index (χ4n) is 9.70. The largest absolute Gasteiger partial charge is 0.462 e. The van der Waals surface area contributed by atoms with E-state index < -0.39 is 6.10 Å². The number of allylic oxidation sites excluding steroid dienone is 14. The van der Waals surface area contributed by atoms with Crippen LogP contribution in [0.15, 0.2) is 85.1 Å². The molecular weight excluding hydrogens is 973 g/mol. The molecule has 0 spiro atoms. The van der Waals surface area contributed by atoms with Crippen LogP contribution in [-0.4, -0.2) is 37.2 Å². The van der Waals surface area contributed by atoms with Gasteiger partial charge in [0.1, 0.15) is 13.2 Å². The summed E-state index contributed by atoms with van der Waals surface area (Å²) in [6, 6.07) is 0. The minimum absolute atomic E-state index is 0.0813. The zero-order valence-corrected chi connectivity index (χ0v) is 52.4. The van der Waals surface area contributed by atoms with Gasteiger partial charge in [0.2, 0.25) is 0 Å². The van der Waals surface area contributed by atoms with Crippen molar-refractivity contribution in [2.75, 3.05) is 13.2 Å². The Bertz CT molecular complexity index is 1500. The second-order valence-corrected chi connectivity index (χ2v) is 22.7. The summed E-state index contributed by atoms with van der Waals surface area (Å²) < 4.78 is 16.9. The van der Waals surface area contributed by atoms with E-state index in [0.29, 0.717) is 19.3 Å². The Morgan fingerprint density at radius 1 is 0.253 bits per heavy atom. The third-order valence-corrected chi connectivity index (χ3v) is 14.8. The molecule has 0 amide bonds. The quantitative estimate of drug-likeness (QED) is 0.0261. The van der Waals surface area contributed by atoms with E-state index in [-0.39, 0.29) is 31.1 Å². The number of ether oxygens (including phenoxy) is 3. The minimum Gasteiger partial charge on any atom is -0.462 e. The van der Waals surface area contributed by atoms with Crippen molar-refractivity contribution in [3.63, 3.8) is 0 Å². The summed E-state index contributed by atoms with van der Waals surface area (Å²) in [5.74, 6) is -0.887. The number of unbranched alkanes of at least 4 members (excludes halogenated alkanes) is 37. The van der Waals surface area contributed by atoms with Crippen LogP contribution < -0.4 is 0 Å². The van der Waals surface area contributed by atoms with E-state index in [0.717, 1.165) is 103 Å². The zero-order chi connectivity index (χ0) is 57.1. The molecule has 0 saturated carbocycles. The van der Waals surface area contributed by atoms with E-state index in [9.17, 15) is 14.4 Å². The van der Waals surface area contributed by atoms with E-state index in [1.165, 1.54) is 199 Å². The van der Waals surface area contributed by atoms with Crippen molar-refractivity contribution >= 4 is 17.9 Å². The summed E-state index contributed by atoms with van der Waals surface area (Å²) in [5, 5.41) is 0. The predicted octanol–water partition coefficient (Wildman–Crippen LogP) is 23.4. The van der Waals surface area contributed by atoms with E-state index in [2.05, 4.69) is 106 Å². The van der Waals surface area contributed by atoms with Gasteiger partial charge in [0, 0.05) is 19.3 Å². The topological polar surface area (TPSA) is 78.9 Å². The Kier molecular flexibility index (Phi) is 64.2. The summed E-state index contributed by atoms with van der Waals surface area (Å²) in [6.45, 7) is 6.56. The molecule has 0 rings (SSSR count). The Hall–Kier alpha value is -3.41. The highest BCUT2D eigenvalue weighted by atomic mass is 16.6. The number of hydrogen-bond donors (Lipinski definition) is 0. The maximum absolute atomic E-state index is 12.9. The summed E-state index contributed by atoms with van der Waals surface area (Å²) in [7, 11) is 0. The molecule has 6 nitrogen and oxygen atoms in total. The van der Waals surface area contributed by atoms with Crippen molar-refractivity contribution in [2.45, 2.75) is 348 Å². The second-order valence-electron chi connectivity index (χ2n) is 22.7. The Balaban J connectivity index is 4.25. The maximum atomic E-state index is 12.9. The van der Waals surface area contributed by atoms with Gasteiger partial charge in [0.25, 0.3) is 0 Å². The van der Waals surface area contributed by atoms with Crippen molar-refractivity contribution in [1.82, 2.24) is 0 Å². The standard InChI is InChI=1S/C73H128O6/c1-4-7-10-13-16-19-22-25-27-29-31-32-33-34-35-36-37-38-39-40-42-43-45-48-51-54-57-60-63-66-72(75)78-69-70(68-77-71(74)65-62-59-56-53-50-47-24-21-18-15-12-9-6-3)79-73(76)67-64-61-58-55-52-49-46-44-41-30-28-26-23-20-17-14-11-8-5-2/h12,15,17,20-22,24-26,28-29,31,33-34,70H,4-11,13-14,16,18-19,23,27,30,32,35-69H2,1-3H3/b15-12-,20-17-,24-21-,25-22-,28-26-,31-29-,34-33-. The maximum Gasteiger partial charge on any atom is 0.306 e. The molecule has 0 aliphatic carbocycles. The first-order chi connectivity index (χ1) is 39.0. The molecule has 0 aromatic rings. The molecule has 6 heteroatoms. The van der Waals surface area contributed by atoms with Gasteiger partial charge < -0.3 is 14.2 Å². The van der Waals surface area contributed by atoms with E-state index in [1.807, 2.05) is 0 Å². The van der Waals surface area contributed by atoms with Crippen LogP contribution in [0.4, 0.5) is 0 Å². The van der Waals surface area contributed by atoms with Crippen molar-refractivity contribution in [1.29, 1.82) is 0 Å². The van der Waals surface area contributed by atoms with Crippen molar-refractivity contribution in [3.8, 4) is 0 Å². The van der Waals surface area contributed by atoms with Crippen LogP contribution in [0.1, 0.15) is 342 Å². The van der Waals surface area contributed by atoms with Gasteiger partial charge in [-0.2, -0.15) is 0 Å². The lowest BCUT2D eigenvalue weighted by molar-refractivity contribution is -0.167. The van der Waals surface area contributed by atoms with Crippen LogP contribution in [0.5, 0.6) is 0 Å². The van der Waals surface area contributed by atoms with Gasteiger partial charge in [-0.15, -0.1) is 0 Å². The van der Waals surface area contributed by atoms with Crippen LogP contribution >= 0.6 is 0 Å². The summed E-state index contributed by atoms with van der Waals surface area (Å²) in [5.41, 5.74) is 0. The van der Waals surface area contributed by atoms with Crippen molar-refractivity contribution < 1.29 is 28.6 Å². The van der Waals surface area contributed by atoms with E-state index in [1.54, 1.807) is 0 Å². The zero-order valence-electron chi connectivity index (χ0n) is 52.4. The van der Waals surface area contributed by atoms with Crippen LogP contribution in [0.25, 0.3) is 0 Å². The molecule has 0 heterocycles. The molecule has 0 N–H and O–H groups in total. The van der Waals surface area contributed by atoms with E-state index >= 15 is 0 Å². The molecule has 0 aliphatic heterocycles. The number of rotatable bonds is 62. The molecule has 79 heavy (non-hydrogen) atoms. The highest BCUT2D eigenvalue weighted by Gasteiger charge is 2.19. The van der Waals surface area contributed by atoms with Gasteiger partial charge in [0.05, 0.1) is 0 Å². The van der Waals surface area contributed by atoms with Crippen LogP contribution in [0.3, 0.4) is 0 Å². The Morgan fingerprint density at radius 2 is 0.481 bits per heavy atom. The lowest BCUT2D eigenvalue weighted by atomic mass is 10.0. The van der Waals surface area contributed by atoms with Gasteiger partial charge in [-0.3, -0.25) is 14.4 Å². The molecule has 0 bridgehead atoms. The molecule has 0 fully saturated rings. The van der Waals surface area contributed by atoms with Gasteiger partial charge in [-0.1, -0.05) is 292 Å². The molecule has 0 radical (unpaired) electrons. The lowest BCUT2D eigenvalue weighted by Crippen LogP contribution is -2.30. The van der Waals surface area contributed by atoms with Crippen molar-refractivity contribution in [3.05, 3.63) is 85.1 Å². The highest BCUT2D eigenvalue weighted by molar-refractivity contribution is 5.71. The van der Waals surface area contributed by atoms with Crippen LogP contribution in [-0.2, 0) is 28.6 Å². The molecule has 0 aliphatic rings. The average molecular weight is 1100 g/mol. The molecule has 0 aromatic heterocycles. The van der Waals surface area contributed by atoms with Crippen LogP contribution in [0, 0.1) is 0 Å². The lowest BCUT2D eigenvalue weighted by Gasteiger charge is -2.18. The SMILES string of the molecule is CCC/C=C\C/C=C\CCCCCCCC(=O)OCC(COC(=O)CCCCCCCCCCCCCCCC/C=C\C/C=C\C/C=C\CCCCCCC)OC(=O)CCCCCCCCCCC/C=C\C/C=C\CCCCC. The number of carbonyl (C=O) groups excluding carboxylic acids is 3. The number of esters is 3. The molecule has 1 atom stereocenters. The predicted molar refractivity (Wildman–Crippen MR) is 344 cm³/mol. The summed E-state index contributed by atoms with van der Waals surface area (Å²) in [4.78, 5) is 38.4. The molecule has 456 valence electrons. The fraction of sp³-hybridized carbons (Fsp3) is 0.767. The normalized spacial score (nSPS) is 12.6. The summed E-state index contributed by atoms with van der Waals surface area (Å²) >= 11 is 0. The van der Waals surface area contributed by atoms with Crippen LogP contribution in [0.2, 0.25) is 0 Å². The fourth-order valence-corrected chi connectivity index (χ4v) is 9.70. The Morgan fingerprint density at radius 3 is 0.785 bits per heavy atom. The first-order valence-electron chi connectivity index (χ1n) is 34.1. The van der Waals surface area contributed by atoms with Gasteiger partial charge in [-0.05, 0) is 116 Å². The minimum atomic E-state index is -0.786. The highest BCUT2D eigenvalue weighted by Crippen LogP contribution is 2.17. The first kappa shape index (κ1) is 75.6. The van der Waals surface area contributed by atoms with Gasteiger partial charge in [0.15, 0.2) is 6.10 Å². The molecule has 0 aromatic carbocycles. The molecule has 0 saturated heterocycles. The first-order valence-corrected chi connectivity index (χ1v) is 34.1. The smallest absolute Gasteiger partial charge is 0.306 e. The third kappa shape index (κ3) is 65.3.